The van der Waals surface area contributed by atoms with E-state index in [1.807, 2.05) is 6.07 Å². The molecule has 0 saturated heterocycles. The van der Waals surface area contributed by atoms with Gasteiger partial charge in [-0.15, -0.1) is 0 Å². The van der Waals surface area contributed by atoms with Crippen molar-refractivity contribution in [2.24, 2.45) is 0 Å². The highest BCUT2D eigenvalue weighted by atomic mass is 19.3. The molecular weight excluding hydrogens is 384 g/mol. The normalized spacial score (nSPS) is 27.1. The number of pyridine rings is 1. The van der Waals surface area contributed by atoms with Crippen LogP contribution in [0.4, 0.5) is 25.1 Å². The molecule has 0 radical (unpaired) electrons. The third kappa shape index (κ3) is 4.64. The summed E-state index contributed by atoms with van der Waals surface area (Å²) in [6, 6.07) is 3.99. The number of fused-ring (bicyclic) bond motifs is 7. The minimum absolute atomic E-state index is 0.0851. The fourth-order valence-electron chi connectivity index (χ4n) is 3.61. The second kappa shape index (κ2) is 7.94. The maximum Gasteiger partial charge on any atom is 0.407 e. The Kier molecular flexibility index (Phi) is 5.35. The number of nitrogens with zero attached hydrogens (tertiary/aromatic N) is 2. The number of ether oxygens (including phenoxy) is 2. The standard InChI is InChI=1S/C19H23F2N5O3/c1-11-19(20,21)10-28-9-14-7-13(4-5-22-14)24-17-8-16(25-26-17)12-2-3-15(6-12)29-18(27)23-11/h4-5,7-8,11-12,15H,2-3,6,9-10H2,1H3,(H,23,27)(H2,24,25,26)/t11-,12+,15-/m1/s1. The third-order valence-electron chi connectivity index (χ3n) is 5.30. The zero-order valence-electron chi connectivity index (χ0n) is 16.0. The lowest BCUT2D eigenvalue weighted by molar-refractivity contribution is -0.101. The molecule has 0 aromatic carbocycles. The van der Waals surface area contributed by atoms with Gasteiger partial charge in [-0.2, -0.15) is 5.10 Å². The maximum atomic E-state index is 14.3. The number of H-pyrrole nitrogens is 1. The van der Waals surface area contributed by atoms with Crippen molar-refractivity contribution in [3.63, 3.8) is 0 Å². The van der Waals surface area contributed by atoms with Crippen LogP contribution in [-0.4, -0.2) is 45.9 Å². The van der Waals surface area contributed by atoms with E-state index in [0.717, 1.165) is 17.8 Å². The Hall–Kier alpha value is -2.75. The monoisotopic (exact) mass is 407 g/mol. The van der Waals surface area contributed by atoms with E-state index in [0.29, 0.717) is 24.4 Å². The van der Waals surface area contributed by atoms with Gasteiger partial charge < -0.3 is 20.1 Å². The fourth-order valence-corrected chi connectivity index (χ4v) is 3.61. The molecule has 10 heteroatoms. The lowest BCUT2D eigenvalue weighted by Crippen LogP contribution is -2.48. The van der Waals surface area contributed by atoms with E-state index in [2.05, 4.69) is 25.8 Å². The summed E-state index contributed by atoms with van der Waals surface area (Å²) in [5.41, 5.74) is 2.18. The number of halogens is 2. The van der Waals surface area contributed by atoms with Crippen molar-refractivity contribution in [2.75, 3.05) is 11.9 Å². The van der Waals surface area contributed by atoms with Gasteiger partial charge in [0.1, 0.15) is 12.7 Å². The molecule has 1 fully saturated rings. The van der Waals surface area contributed by atoms with Crippen molar-refractivity contribution < 1.29 is 23.0 Å². The molecule has 1 saturated carbocycles. The smallest absolute Gasteiger partial charge is 0.407 e. The van der Waals surface area contributed by atoms with Crippen LogP contribution in [0, 0.1) is 0 Å². The summed E-state index contributed by atoms with van der Waals surface area (Å²) in [5, 5.41) is 12.7. The number of nitrogens with one attached hydrogen (secondary N) is 3. The molecule has 2 aromatic rings. The maximum absolute atomic E-state index is 14.3. The average molecular weight is 407 g/mol. The molecule has 156 valence electrons. The number of carbonyl (C=O) groups is 1. The fraction of sp³-hybridized carbons (Fsp3) is 0.526. The lowest BCUT2D eigenvalue weighted by Gasteiger charge is -2.25. The molecule has 4 rings (SSSR count). The Balaban J connectivity index is 1.56. The van der Waals surface area contributed by atoms with Gasteiger partial charge in [-0.1, -0.05) is 0 Å². The van der Waals surface area contributed by atoms with Crippen molar-refractivity contribution in [3.05, 3.63) is 35.8 Å². The summed E-state index contributed by atoms with van der Waals surface area (Å²) in [6.45, 7) is 0.301. The highest BCUT2D eigenvalue weighted by Gasteiger charge is 2.39. The average Bonchev–Trinajstić information content (AvgIpc) is 3.30. The second-order valence-corrected chi connectivity index (χ2v) is 7.53. The number of alkyl halides is 2. The Morgan fingerprint density at radius 3 is 3.00 bits per heavy atom. The topological polar surface area (TPSA) is 101 Å². The highest BCUT2D eigenvalue weighted by Crippen LogP contribution is 2.36. The van der Waals surface area contributed by atoms with Crippen LogP contribution in [0.15, 0.2) is 24.4 Å². The number of aromatic nitrogens is 3. The summed E-state index contributed by atoms with van der Waals surface area (Å²) in [4.78, 5) is 16.2. The predicted octanol–water partition coefficient (Wildman–Crippen LogP) is 3.46. The minimum atomic E-state index is -3.25. The van der Waals surface area contributed by atoms with Crippen molar-refractivity contribution >= 4 is 17.6 Å². The minimum Gasteiger partial charge on any atom is -0.446 e. The van der Waals surface area contributed by atoms with Crippen LogP contribution in [0.5, 0.6) is 0 Å². The molecule has 2 aromatic heterocycles. The van der Waals surface area contributed by atoms with E-state index in [-0.39, 0.29) is 18.6 Å². The highest BCUT2D eigenvalue weighted by molar-refractivity contribution is 5.68. The van der Waals surface area contributed by atoms with Gasteiger partial charge in [0, 0.05) is 29.6 Å². The Morgan fingerprint density at radius 1 is 1.28 bits per heavy atom. The molecule has 0 spiro atoms. The number of amides is 1. The Bertz CT molecular complexity index is 875. The first-order chi connectivity index (χ1) is 13.9. The van der Waals surface area contributed by atoms with Crippen LogP contribution in [0.25, 0.3) is 0 Å². The molecule has 3 atom stereocenters. The van der Waals surface area contributed by atoms with Gasteiger partial charge in [0.25, 0.3) is 5.92 Å². The zero-order chi connectivity index (χ0) is 20.4. The van der Waals surface area contributed by atoms with E-state index >= 15 is 0 Å². The van der Waals surface area contributed by atoms with Crippen molar-refractivity contribution in [3.8, 4) is 0 Å². The molecule has 3 N–H and O–H groups in total. The van der Waals surface area contributed by atoms with E-state index in [9.17, 15) is 13.6 Å². The molecule has 1 aliphatic heterocycles. The number of aromatic amines is 1. The third-order valence-corrected chi connectivity index (χ3v) is 5.30. The Labute approximate surface area is 166 Å². The van der Waals surface area contributed by atoms with E-state index in [1.165, 1.54) is 6.92 Å². The molecule has 6 bridgehead atoms. The van der Waals surface area contributed by atoms with Crippen LogP contribution in [0.3, 0.4) is 0 Å². The number of rotatable bonds is 0. The first-order valence-corrected chi connectivity index (χ1v) is 9.59. The van der Waals surface area contributed by atoms with E-state index in [1.54, 1.807) is 18.3 Å². The quantitative estimate of drug-likeness (QED) is 0.618. The van der Waals surface area contributed by atoms with Crippen molar-refractivity contribution in [1.29, 1.82) is 0 Å². The molecule has 1 amide bonds. The van der Waals surface area contributed by atoms with Gasteiger partial charge in [0.2, 0.25) is 0 Å². The van der Waals surface area contributed by atoms with Gasteiger partial charge >= 0.3 is 6.09 Å². The van der Waals surface area contributed by atoms with Crippen LogP contribution in [-0.2, 0) is 16.1 Å². The summed E-state index contributed by atoms with van der Waals surface area (Å²) >= 11 is 0. The predicted molar refractivity (Wildman–Crippen MR) is 100 cm³/mol. The lowest BCUT2D eigenvalue weighted by atomic mass is 10.0. The van der Waals surface area contributed by atoms with Gasteiger partial charge in [-0.3, -0.25) is 10.1 Å². The summed E-state index contributed by atoms with van der Waals surface area (Å²) in [6.07, 6.45) is 2.51. The largest absolute Gasteiger partial charge is 0.446 e. The van der Waals surface area contributed by atoms with Gasteiger partial charge in [0.15, 0.2) is 5.82 Å². The van der Waals surface area contributed by atoms with E-state index in [4.69, 9.17) is 9.47 Å². The first kappa shape index (κ1) is 19.6. The van der Waals surface area contributed by atoms with Crippen molar-refractivity contribution in [2.45, 2.75) is 56.8 Å². The first-order valence-electron chi connectivity index (χ1n) is 9.59. The number of anilines is 2. The SMILES string of the molecule is C[C@H]1NC(=O)O[C@@H]2CC[C@@H](C2)c2cc(n[nH]2)Nc2ccnc(c2)COCC1(F)F. The second-order valence-electron chi connectivity index (χ2n) is 7.53. The summed E-state index contributed by atoms with van der Waals surface area (Å²) in [7, 11) is 0. The molecule has 2 aliphatic rings. The van der Waals surface area contributed by atoms with Crippen LogP contribution in [0.1, 0.15) is 43.5 Å². The molecule has 1 aliphatic carbocycles. The molecular formula is C19H23F2N5O3. The van der Waals surface area contributed by atoms with Crippen LogP contribution < -0.4 is 10.6 Å². The number of hydrogen-bond donors (Lipinski definition) is 3. The van der Waals surface area contributed by atoms with Gasteiger partial charge in [-0.25, -0.2) is 13.6 Å². The molecule has 8 nitrogen and oxygen atoms in total. The van der Waals surface area contributed by atoms with E-state index < -0.39 is 24.7 Å². The van der Waals surface area contributed by atoms with Gasteiger partial charge in [-0.05, 0) is 38.3 Å². The number of carbonyl (C=O) groups excluding carboxylic acids is 1. The zero-order valence-corrected chi connectivity index (χ0v) is 16.0. The van der Waals surface area contributed by atoms with Crippen LogP contribution >= 0.6 is 0 Å². The summed E-state index contributed by atoms with van der Waals surface area (Å²) in [5.74, 6) is -2.45. The van der Waals surface area contributed by atoms with Crippen molar-refractivity contribution in [1.82, 2.24) is 20.5 Å². The Morgan fingerprint density at radius 2 is 2.14 bits per heavy atom. The molecule has 29 heavy (non-hydrogen) atoms. The molecule has 0 unspecified atom stereocenters. The number of alkyl carbamates (subject to hydrolysis) is 1. The summed E-state index contributed by atoms with van der Waals surface area (Å²) < 4.78 is 39.1. The number of hydrogen-bond acceptors (Lipinski definition) is 6. The van der Waals surface area contributed by atoms with Gasteiger partial charge in [0.05, 0.1) is 18.3 Å². The van der Waals surface area contributed by atoms with Crippen LogP contribution in [0.2, 0.25) is 0 Å². The molecule has 3 heterocycles.